The highest BCUT2D eigenvalue weighted by atomic mass is 16.4. The van der Waals surface area contributed by atoms with Crippen LogP contribution < -0.4 is 0 Å². The van der Waals surface area contributed by atoms with Crippen LogP contribution >= 0.6 is 0 Å². The first kappa shape index (κ1) is 20.6. The molecule has 0 bridgehead atoms. The van der Waals surface area contributed by atoms with Crippen molar-refractivity contribution < 1.29 is 20.1 Å². The van der Waals surface area contributed by atoms with Gasteiger partial charge < -0.3 is 15.3 Å². The number of phenolic OH excluding ortho intramolecular Hbond substituents is 1. The summed E-state index contributed by atoms with van der Waals surface area (Å²) in [6.07, 6.45) is 5.38. The van der Waals surface area contributed by atoms with Crippen molar-refractivity contribution in [1.82, 2.24) is 9.78 Å². The Morgan fingerprint density at radius 3 is 2.55 bits per heavy atom. The Morgan fingerprint density at radius 2 is 1.81 bits per heavy atom. The molecule has 0 unspecified atom stereocenters. The Labute approximate surface area is 179 Å². The summed E-state index contributed by atoms with van der Waals surface area (Å²) in [5, 5.41) is 43.3. The highest BCUT2D eigenvalue weighted by Gasteiger charge is 2.23. The van der Waals surface area contributed by atoms with Crippen LogP contribution in [0.3, 0.4) is 0 Å². The van der Waals surface area contributed by atoms with E-state index in [-0.39, 0.29) is 34.6 Å². The number of aromatic nitrogens is 2. The number of aryl methyl sites for hydroxylation is 1. The molecular formula is C23H24N4O4. The third kappa shape index (κ3) is 4.14. The second-order valence-corrected chi connectivity index (χ2v) is 7.75. The van der Waals surface area contributed by atoms with Crippen molar-refractivity contribution in [1.29, 1.82) is 0 Å². The van der Waals surface area contributed by atoms with Gasteiger partial charge >= 0.3 is 5.97 Å². The fourth-order valence-electron chi connectivity index (χ4n) is 3.99. The van der Waals surface area contributed by atoms with Crippen LogP contribution in [0.1, 0.15) is 54.2 Å². The van der Waals surface area contributed by atoms with E-state index in [4.69, 9.17) is 0 Å². The van der Waals surface area contributed by atoms with E-state index in [2.05, 4.69) is 15.3 Å². The van der Waals surface area contributed by atoms with E-state index >= 15 is 0 Å². The lowest BCUT2D eigenvalue weighted by Gasteiger charge is -2.22. The highest BCUT2D eigenvalue weighted by Crippen LogP contribution is 2.41. The maximum Gasteiger partial charge on any atom is 0.335 e. The Hall–Kier alpha value is -3.68. The summed E-state index contributed by atoms with van der Waals surface area (Å²) >= 11 is 0. The number of aromatic carboxylic acids is 1. The zero-order valence-electron chi connectivity index (χ0n) is 17.2. The van der Waals surface area contributed by atoms with Crippen LogP contribution in [0.5, 0.6) is 11.6 Å². The first-order chi connectivity index (χ1) is 15.0. The van der Waals surface area contributed by atoms with Crippen molar-refractivity contribution in [3.63, 3.8) is 0 Å². The standard InChI is InChI=1S/C23H24N4O4/c1-14-20(22(29)27(26-14)17-9-3-2-4-10-17)25-24-19-12-6-11-18(21(19)28)15-7-5-8-16(13-15)23(30)31/h5-8,11-13,17,28-29H,2-4,9-10H2,1H3,(H,30,31)/b25-24+. The lowest BCUT2D eigenvalue weighted by molar-refractivity contribution is 0.0697. The molecule has 0 radical (unpaired) electrons. The molecule has 8 nitrogen and oxygen atoms in total. The quantitative estimate of drug-likeness (QED) is 0.445. The minimum absolute atomic E-state index is 0.0158. The molecule has 1 aliphatic rings. The van der Waals surface area contributed by atoms with Crippen LogP contribution in [0.25, 0.3) is 11.1 Å². The number of hydrogen-bond donors (Lipinski definition) is 3. The second kappa shape index (κ2) is 8.59. The number of aromatic hydroxyl groups is 2. The topological polar surface area (TPSA) is 120 Å². The predicted octanol–water partition coefficient (Wildman–Crippen LogP) is 5.89. The van der Waals surface area contributed by atoms with Gasteiger partial charge in [0.15, 0.2) is 11.4 Å². The molecule has 0 atom stereocenters. The third-order valence-electron chi connectivity index (χ3n) is 5.64. The summed E-state index contributed by atoms with van der Waals surface area (Å²) < 4.78 is 1.64. The first-order valence-corrected chi connectivity index (χ1v) is 10.3. The van der Waals surface area contributed by atoms with Gasteiger partial charge in [-0.25, -0.2) is 9.48 Å². The van der Waals surface area contributed by atoms with Gasteiger partial charge in [-0.2, -0.15) is 5.10 Å². The minimum Gasteiger partial charge on any atom is -0.505 e. The summed E-state index contributed by atoms with van der Waals surface area (Å²) in [6, 6.07) is 11.5. The number of carboxylic acid groups (broad SMARTS) is 1. The molecule has 160 valence electrons. The Kier molecular flexibility index (Phi) is 5.70. The van der Waals surface area contributed by atoms with Crippen molar-refractivity contribution in [3.8, 4) is 22.8 Å². The fourth-order valence-corrected chi connectivity index (χ4v) is 3.99. The number of para-hydroxylation sites is 1. The lowest BCUT2D eigenvalue weighted by atomic mass is 9.96. The number of rotatable bonds is 5. The molecule has 3 aromatic rings. The second-order valence-electron chi connectivity index (χ2n) is 7.75. The smallest absolute Gasteiger partial charge is 0.335 e. The van der Waals surface area contributed by atoms with Crippen molar-refractivity contribution in [3.05, 3.63) is 53.7 Å². The van der Waals surface area contributed by atoms with Crippen molar-refractivity contribution in [2.75, 3.05) is 0 Å². The van der Waals surface area contributed by atoms with Gasteiger partial charge in [-0.1, -0.05) is 43.5 Å². The van der Waals surface area contributed by atoms with Crippen molar-refractivity contribution in [2.45, 2.75) is 45.1 Å². The van der Waals surface area contributed by atoms with Crippen molar-refractivity contribution >= 4 is 17.3 Å². The van der Waals surface area contributed by atoms with Crippen molar-refractivity contribution in [2.24, 2.45) is 10.2 Å². The van der Waals surface area contributed by atoms with Crippen LogP contribution in [-0.2, 0) is 0 Å². The Balaban J connectivity index is 1.65. The summed E-state index contributed by atoms with van der Waals surface area (Å²) in [5.41, 5.74) is 2.18. The molecule has 0 spiro atoms. The van der Waals surface area contributed by atoms with E-state index < -0.39 is 5.97 Å². The molecule has 31 heavy (non-hydrogen) atoms. The van der Waals surface area contributed by atoms with Gasteiger partial charge in [0.25, 0.3) is 0 Å². The van der Waals surface area contributed by atoms with E-state index in [1.54, 1.807) is 41.9 Å². The molecule has 0 saturated heterocycles. The number of benzene rings is 2. The van der Waals surface area contributed by atoms with E-state index in [1.165, 1.54) is 18.6 Å². The molecule has 8 heteroatoms. The van der Waals surface area contributed by atoms with Gasteiger partial charge in [0, 0.05) is 5.56 Å². The largest absolute Gasteiger partial charge is 0.505 e. The summed E-state index contributed by atoms with van der Waals surface area (Å²) in [5.74, 6) is -1.18. The number of nitrogens with zero attached hydrogens (tertiary/aromatic N) is 4. The number of phenols is 1. The average molecular weight is 420 g/mol. The number of carboxylic acids is 1. The van der Waals surface area contributed by atoms with Crippen LogP contribution in [0.4, 0.5) is 11.4 Å². The van der Waals surface area contributed by atoms with E-state index in [1.807, 2.05) is 0 Å². The maximum absolute atomic E-state index is 11.2. The first-order valence-electron chi connectivity index (χ1n) is 10.3. The van der Waals surface area contributed by atoms with Crippen LogP contribution in [0.2, 0.25) is 0 Å². The predicted molar refractivity (Wildman–Crippen MR) is 115 cm³/mol. The lowest BCUT2D eigenvalue weighted by Crippen LogP contribution is -2.13. The zero-order valence-corrected chi connectivity index (χ0v) is 17.2. The molecule has 1 heterocycles. The number of azo groups is 1. The van der Waals surface area contributed by atoms with Crippen LogP contribution in [0.15, 0.2) is 52.7 Å². The molecule has 1 aliphatic carbocycles. The Bertz CT molecular complexity index is 1150. The van der Waals surface area contributed by atoms with E-state index in [0.29, 0.717) is 16.8 Å². The molecule has 1 aromatic heterocycles. The molecule has 3 N–H and O–H groups in total. The third-order valence-corrected chi connectivity index (χ3v) is 5.64. The van der Waals surface area contributed by atoms with Gasteiger partial charge in [-0.15, -0.1) is 10.2 Å². The minimum atomic E-state index is -1.04. The van der Waals surface area contributed by atoms with Crippen LogP contribution in [-0.4, -0.2) is 31.1 Å². The molecular weight excluding hydrogens is 396 g/mol. The average Bonchev–Trinajstić information content (AvgIpc) is 3.07. The highest BCUT2D eigenvalue weighted by molar-refractivity contribution is 5.90. The van der Waals surface area contributed by atoms with Gasteiger partial charge in [0.05, 0.1) is 17.3 Å². The normalized spacial score (nSPS) is 14.9. The van der Waals surface area contributed by atoms with E-state index in [9.17, 15) is 20.1 Å². The molecule has 0 aliphatic heterocycles. The monoisotopic (exact) mass is 420 g/mol. The van der Waals surface area contributed by atoms with Gasteiger partial charge in [0.2, 0.25) is 5.88 Å². The summed E-state index contributed by atoms with van der Waals surface area (Å²) in [4.78, 5) is 11.2. The molecule has 2 aromatic carbocycles. The van der Waals surface area contributed by atoms with Gasteiger partial charge in [-0.3, -0.25) is 0 Å². The number of hydrogen-bond acceptors (Lipinski definition) is 6. The fraction of sp³-hybridized carbons (Fsp3) is 0.304. The number of carbonyl (C=O) groups is 1. The SMILES string of the molecule is Cc1nn(C2CCCCC2)c(O)c1/N=N/c1cccc(-c2cccc(C(=O)O)c2)c1O. The molecule has 1 fully saturated rings. The molecule has 1 saturated carbocycles. The van der Waals surface area contributed by atoms with Crippen LogP contribution in [0, 0.1) is 6.92 Å². The summed E-state index contributed by atoms with van der Waals surface area (Å²) in [7, 11) is 0. The molecule has 4 rings (SSSR count). The zero-order chi connectivity index (χ0) is 22.0. The Morgan fingerprint density at radius 1 is 1.06 bits per heavy atom. The van der Waals surface area contributed by atoms with Gasteiger partial charge in [0.1, 0.15) is 5.69 Å². The molecule has 0 amide bonds. The van der Waals surface area contributed by atoms with Gasteiger partial charge in [-0.05, 0) is 43.5 Å². The van der Waals surface area contributed by atoms with E-state index in [0.717, 1.165) is 25.7 Å². The summed E-state index contributed by atoms with van der Waals surface area (Å²) in [6.45, 7) is 1.76. The maximum atomic E-state index is 11.2.